The summed E-state index contributed by atoms with van der Waals surface area (Å²) in [5.41, 5.74) is 6.16. The lowest BCUT2D eigenvalue weighted by molar-refractivity contribution is 0.0283. The summed E-state index contributed by atoms with van der Waals surface area (Å²) in [5, 5.41) is 3.24. The summed E-state index contributed by atoms with van der Waals surface area (Å²) in [7, 11) is 0. The number of rotatable bonds is 4. The normalized spacial score (nSPS) is 23.9. The van der Waals surface area contributed by atoms with E-state index in [0.717, 1.165) is 45.1 Å². The van der Waals surface area contributed by atoms with Crippen molar-refractivity contribution in [2.24, 2.45) is 22.1 Å². The Morgan fingerprint density at radius 1 is 1.39 bits per heavy atom. The molecule has 0 aromatic rings. The smallest absolute Gasteiger partial charge is 0.188 e. The van der Waals surface area contributed by atoms with Crippen molar-refractivity contribution in [3.05, 3.63) is 0 Å². The molecule has 0 bridgehead atoms. The predicted molar refractivity (Wildman–Crippen MR) is 85.4 cm³/mol. The van der Waals surface area contributed by atoms with Crippen molar-refractivity contribution in [1.29, 1.82) is 0 Å². The van der Waals surface area contributed by atoms with Crippen molar-refractivity contribution in [3.63, 3.8) is 0 Å². The van der Waals surface area contributed by atoms with Crippen molar-refractivity contribution in [2.45, 2.75) is 39.0 Å². The Balaban J connectivity index is 0.00000162. The fraction of sp³-hybridized carbons (Fsp3) is 0.923. The van der Waals surface area contributed by atoms with Gasteiger partial charge >= 0.3 is 0 Å². The zero-order valence-electron chi connectivity index (χ0n) is 11.3. The molecule has 1 saturated carbocycles. The van der Waals surface area contributed by atoms with Crippen LogP contribution in [0.3, 0.4) is 0 Å². The van der Waals surface area contributed by atoms with Crippen LogP contribution < -0.4 is 11.1 Å². The molecule has 18 heavy (non-hydrogen) atoms. The molecule has 106 valence electrons. The van der Waals surface area contributed by atoms with Gasteiger partial charge in [-0.15, -0.1) is 24.0 Å². The number of halogens is 1. The Labute approximate surface area is 127 Å². The molecule has 2 aliphatic rings. The van der Waals surface area contributed by atoms with Crippen LogP contribution in [0.15, 0.2) is 4.99 Å². The van der Waals surface area contributed by atoms with Gasteiger partial charge in [0.15, 0.2) is 5.96 Å². The molecule has 0 amide bonds. The van der Waals surface area contributed by atoms with E-state index in [0.29, 0.717) is 5.96 Å². The third kappa shape index (κ3) is 4.91. The van der Waals surface area contributed by atoms with Crippen LogP contribution >= 0.6 is 24.0 Å². The number of nitrogens with one attached hydrogen (secondary N) is 1. The molecule has 4 nitrogen and oxygen atoms in total. The van der Waals surface area contributed by atoms with Crippen LogP contribution in [-0.4, -0.2) is 32.3 Å². The van der Waals surface area contributed by atoms with Gasteiger partial charge < -0.3 is 15.8 Å². The lowest BCUT2D eigenvalue weighted by atomic mass is 9.82. The van der Waals surface area contributed by atoms with Gasteiger partial charge in [-0.05, 0) is 37.0 Å². The predicted octanol–water partition coefficient (Wildman–Crippen LogP) is 2.13. The number of aliphatic imine (C=N–C) groups is 1. The fourth-order valence-corrected chi connectivity index (χ4v) is 2.30. The first kappa shape index (κ1) is 16.0. The largest absolute Gasteiger partial charge is 0.381 e. The third-order valence-corrected chi connectivity index (χ3v) is 4.13. The van der Waals surface area contributed by atoms with Gasteiger partial charge in [-0.3, -0.25) is 4.99 Å². The van der Waals surface area contributed by atoms with Gasteiger partial charge in [0.25, 0.3) is 0 Å². The van der Waals surface area contributed by atoms with E-state index in [1.54, 1.807) is 0 Å². The van der Waals surface area contributed by atoms with Crippen LogP contribution in [0.25, 0.3) is 0 Å². The molecule has 5 heteroatoms. The quantitative estimate of drug-likeness (QED) is 0.455. The number of hydrogen-bond acceptors (Lipinski definition) is 2. The maximum atomic E-state index is 5.88. The summed E-state index contributed by atoms with van der Waals surface area (Å²) in [4.78, 5) is 4.48. The molecule has 2 rings (SSSR count). The van der Waals surface area contributed by atoms with E-state index in [1.165, 1.54) is 19.3 Å². The fourth-order valence-electron chi connectivity index (χ4n) is 2.30. The van der Waals surface area contributed by atoms with Gasteiger partial charge in [0.1, 0.15) is 0 Å². The second kappa shape index (κ2) is 7.53. The van der Waals surface area contributed by atoms with E-state index in [2.05, 4.69) is 17.2 Å². The summed E-state index contributed by atoms with van der Waals surface area (Å²) in [6.45, 7) is 5.82. The van der Waals surface area contributed by atoms with Crippen LogP contribution in [0, 0.1) is 11.3 Å². The van der Waals surface area contributed by atoms with Crippen molar-refractivity contribution in [1.82, 2.24) is 5.32 Å². The molecule has 3 N–H and O–H groups in total. The average molecular weight is 367 g/mol. The Morgan fingerprint density at radius 2 is 2.06 bits per heavy atom. The zero-order chi connectivity index (χ0) is 12.1. The maximum absolute atomic E-state index is 5.88. The SMILES string of the molecule is CC1(CN=C(N)NCC2CCC2)CCOCC1.I. The zero-order valence-corrected chi connectivity index (χ0v) is 13.6. The molecule has 0 aromatic carbocycles. The molecule has 1 saturated heterocycles. The first-order valence-corrected chi connectivity index (χ1v) is 6.79. The number of nitrogens with two attached hydrogens (primary N) is 1. The van der Waals surface area contributed by atoms with Crippen molar-refractivity contribution >= 4 is 29.9 Å². The molecule has 0 atom stereocenters. The summed E-state index contributed by atoms with van der Waals surface area (Å²) in [6.07, 6.45) is 6.24. The van der Waals surface area contributed by atoms with E-state index in [4.69, 9.17) is 10.5 Å². The minimum absolute atomic E-state index is 0. The molecule has 1 heterocycles. The van der Waals surface area contributed by atoms with E-state index < -0.39 is 0 Å². The maximum Gasteiger partial charge on any atom is 0.188 e. The molecular formula is C13H26IN3O. The summed E-state index contributed by atoms with van der Waals surface area (Å²) in [6, 6.07) is 0. The highest BCUT2D eigenvalue weighted by Crippen LogP contribution is 2.29. The first-order chi connectivity index (χ1) is 8.18. The summed E-state index contributed by atoms with van der Waals surface area (Å²) >= 11 is 0. The molecule has 0 unspecified atom stereocenters. The molecule has 2 fully saturated rings. The van der Waals surface area contributed by atoms with Crippen LogP contribution in [0.1, 0.15) is 39.0 Å². The standard InChI is InChI=1S/C13H25N3O.HI/c1-13(5-7-17-8-6-13)10-16-12(14)15-9-11-3-2-4-11;/h11H,2-10H2,1H3,(H3,14,15,16);1H. The van der Waals surface area contributed by atoms with Crippen LogP contribution in [0.2, 0.25) is 0 Å². The number of ether oxygens (including phenoxy) is 1. The highest BCUT2D eigenvalue weighted by Gasteiger charge is 2.27. The van der Waals surface area contributed by atoms with Gasteiger partial charge in [0.05, 0.1) is 0 Å². The van der Waals surface area contributed by atoms with Crippen LogP contribution in [0.4, 0.5) is 0 Å². The lowest BCUT2D eigenvalue weighted by Gasteiger charge is -2.32. The molecule has 0 aromatic heterocycles. The van der Waals surface area contributed by atoms with E-state index in [-0.39, 0.29) is 29.4 Å². The number of nitrogens with zero attached hydrogens (tertiary/aromatic N) is 1. The summed E-state index contributed by atoms with van der Waals surface area (Å²) in [5.74, 6) is 1.44. The monoisotopic (exact) mass is 367 g/mol. The van der Waals surface area contributed by atoms with E-state index in [9.17, 15) is 0 Å². The van der Waals surface area contributed by atoms with Gasteiger partial charge in [-0.2, -0.15) is 0 Å². The van der Waals surface area contributed by atoms with Crippen molar-refractivity contribution < 1.29 is 4.74 Å². The molecule has 1 aliphatic heterocycles. The molecular weight excluding hydrogens is 341 g/mol. The Hall–Kier alpha value is -0.0400. The lowest BCUT2D eigenvalue weighted by Crippen LogP contribution is -2.38. The number of guanidine groups is 1. The van der Waals surface area contributed by atoms with Gasteiger partial charge in [-0.25, -0.2) is 0 Å². The Kier molecular flexibility index (Phi) is 6.70. The average Bonchev–Trinajstić information content (AvgIpc) is 2.26. The molecule has 0 spiro atoms. The second-order valence-corrected chi connectivity index (χ2v) is 5.80. The second-order valence-electron chi connectivity index (χ2n) is 5.80. The van der Waals surface area contributed by atoms with Gasteiger partial charge in [0.2, 0.25) is 0 Å². The molecule has 1 aliphatic carbocycles. The van der Waals surface area contributed by atoms with Crippen molar-refractivity contribution in [3.8, 4) is 0 Å². The molecule has 0 radical (unpaired) electrons. The van der Waals surface area contributed by atoms with Crippen LogP contribution in [0.5, 0.6) is 0 Å². The number of hydrogen-bond donors (Lipinski definition) is 2. The van der Waals surface area contributed by atoms with E-state index in [1.807, 2.05) is 0 Å². The van der Waals surface area contributed by atoms with Gasteiger partial charge in [0, 0.05) is 26.3 Å². The highest BCUT2D eigenvalue weighted by atomic mass is 127. The topological polar surface area (TPSA) is 59.6 Å². The van der Waals surface area contributed by atoms with E-state index >= 15 is 0 Å². The first-order valence-electron chi connectivity index (χ1n) is 6.79. The highest BCUT2D eigenvalue weighted by molar-refractivity contribution is 14.0. The summed E-state index contributed by atoms with van der Waals surface area (Å²) < 4.78 is 5.38. The van der Waals surface area contributed by atoms with Gasteiger partial charge in [-0.1, -0.05) is 13.3 Å². The van der Waals surface area contributed by atoms with Crippen LogP contribution in [-0.2, 0) is 4.74 Å². The minimum Gasteiger partial charge on any atom is -0.381 e. The Morgan fingerprint density at radius 3 is 2.61 bits per heavy atom. The third-order valence-electron chi connectivity index (χ3n) is 4.13. The Bertz CT molecular complexity index is 273. The minimum atomic E-state index is 0. The van der Waals surface area contributed by atoms with Crippen molar-refractivity contribution in [2.75, 3.05) is 26.3 Å².